The largest absolute Gasteiger partial charge is 0.416 e. The highest BCUT2D eigenvalue weighted by Gasteiger charge is 2.31. The van der Waals surface area contributed by atoms with Gasteiger partial charge in [-0.15, -0.1) is 0 Å². The number of hydrogen-bond acceptors (Lipinski definition) is 4. The molecule has 1 amide bonds. The summed E-state index contributed by atoms with van der Waals surface area (Å²) in [6, 6.07) is 13.8. The van der Waals surface area contributed by atoms with Crippen molar-refractivity contribution in [3.8, 4) is 0 Å². The van der Waals surface area contributed by atoms with Crippen molar-refractivity contribution in [1.29, 1.82) is 0 Å². The summed E-state index contributed by atoms with van der Waals surface area (Å²) in [5, 5.41) is 0. The SMILES string of the molecule is Nc1cc(C(=O)NNc2nc3ccccc3n3cccc23)cc(C(F)(F)F)c1. The molecular weight excluding hydrogens is 371 g/mol. The predicted molar refractivity (Wildman–Crippen MR) is 99.6 cm³/mol. The summed E-state index contributed by atoms with van der Waals surface area (Å²) in [4.78, 5) is 16.8. The van der Waals surface area contributed by atoms with Crippen molar-refractivity contribution in [2.45, 2.75) is 6.18 Å². The van der Waals surface area contributed by atoms with Gasteiger partial charge in [-0.05, 0) is 42.5 Å². The Hall–Kier alpha value is -3.75. The van der Waals surface area contributed by atoms with Crippen LogP contribution >= 0.6 is 0 Å². The third-order valence-electron chi connectivity index (χ3n) is 4.20. The number of alkyl halides is 3. The number of benzene rings is 2. The summed E-state index contributed by atoms with van der Waals surface area (Å²) in [5.41, 5.74) is 11.5. The van der Waals surface area contributed by atoms with Crippen molar-refractivity contribution in [3.63, 3.8) is 0 Å². The number of hydrogen-bond donors (Lipinski definition) is 3. The molecule has 6 nitrogen and oxygen atoms in total. The van der Waals surface area contributed by atoms with Gasteiger partial charge in [-0.1, -0.05) is 12.1 Å². The number of nitrogen functional groups attached to an aromatic ring is 1. The van der Waals surface area contributed by atoms with Gasteiger partial charge in [0.05, 0.1) is 22.1 Å². The number of aromatic nitrogens is 2. The monoisotopic (exact) mass is 385 g/mol. The van der Waals surface area contributed by atoms with Crippen LogP contribution in [-0.2, 0) is 6.18 Å². The number of fused-ring (bicyclic) bond motifs is 3. The average Bonchev–Trinajstić information content (AvgIpc) is 3.15. The molecule has 4 N–H and O–H groups in total. The Bertz CT molecular complexity index is 1200. The van der Waals surface area contributed by atoms with Crippen molar-refractivity contribution in [1.82, 2.24) is 14.8 Å². The first-order valence-electron chi connectivity index (χ1n) is 8.23. The van der Waals surface area contributed by atoms with E-state index in [0.29, 0.717) is 16.9 Å². The molecule has 4 aromatic rings. The molecule has 2 aromatic carbocycles. The second kappa shape index (κ2) is 6.45. The number of hydrazine groups is 1. The van der Waals surface area contributed by atoms with Crippen LogP contribution < -0.4 is 16.6 Å². The second-order valence-corrected chi connectivity index (χ2v) is 6.13. The molecular formula is C19H14F3N5O. The van der Waals surface area contributed by atoms with Gasteiger partial charge in [0.1, 0.15) is 0 Å². The number of halogens is 3. The third-order valence-corrected chi connectivity index (χ3v) is 4.20. The first kappa shape index (κ1) is 17.7. The van der Waals surface area contributed by atoms with Crippen LogP contribution in [0.5, 0.6) is 0 Å². The molecule has 0 atom stereocenters. The molecule has 0 fully saturated rings. The number of nitrogens with one attached hydrogen (secondary N) is 2. The van der Waals surface area contributed by atoms with Crippen molar-refractivity contribution in [2.24, 2.45) is 0 Å². The number of amides is 1. The molecule has 0 aliphatic carbocycles. The van der Waals surface area contributed by atoms with Crippen LogP contribution in [0.25, 0.3) is 16.6 Å². The fourth-order valence-electron chi connectivity index (χ4n) is 2.95. The molecule has 142 valence electrons. The maximum absolute atomic E-state index is 12.9. The van der Waals surface area contributed by atoms with Gasteiger partial charge < -0.3 is 10.1 Å². The number of rotatable bonds is 3. The van der Waals surface area contributed by atoms with E-state index in [1.165, 1.54) is 6.07 Å². The second-order valence-electron chi connectivity index (χ2n) is 6.13. The maximum atomic E-state index is 12.9. The summed E-state index contributed by atoms with van der Waals surface area (Å²) in [5.74, 6) is -0.408. The van der Waals surface area contributed by atoms with E-state index in [2.05, 4.69) is 15.8 Å². The minimum absolute atomic E-state index is 0.155. The first-order chi connectivity index (χ1) is 13.3. The Labute approximate surface area is 156 Å². The summed E-state index contributed by atoms with van der Waals surface area (Å²) in [6.45, 7) is 0. The van der Waals surface area contributed by atoms with Gasteiger partial charge in [0, 0.05) is 17.4 Å². The Kier molecular flexibility index (Phi) is 4.07. The van der Waals surface area contributed by atoms with Gasteiger partial charge >= 0.3 is 6.18 Å². The number of carbonyl (C=O) groups excluding carboxylic acids is 1. The molecule has 9 heteroatoms. The van der Waals surface area contributed by atoms with Crippen LogP contribution in [0.3, 0.4) is 0 Å². The van der Waals surface area contributed by atoms with Crippen LogP contribution in [0, 0.1) is 0 Å². The van der Waals surface area contributed by atoms with Gasteiger partial charge in [0.2, 0.25) is 0 Å². The van der Waals surface area contributed by atoms with Gasteiger partial charge in [-0.25, -0.2) is 4.98 Å². The van der Waals surface area contributed by atoms with Gasteiger partial charge in [-0.2, -0.15) is 13.2 Å². The highest BCUT2D eigenvalue weighted by molar-refractivity contribution is 5.96. The van der Waals surface area contributed by atoms with Crippen molar-refractivity contribution < 1.29 is 18.0 Å². The highest BCUT2D eigenvalue weighted by Crippen LogP contribution is 2.31. The molecule has 0 bridgehead atoms. The number of nitrogens with zero attached hydrogens (tertiary/aromatic N) is 2. The van der Waals surface area contributed by atoms with Gasteiger partial charge in [-0.3, -0.25) is 15.6 Å². The number of carbonyl (C=O) groups is 1. The van der Waals surface area contributed by atoms with Crippen LogP contribution in [0.2, 0.25) is 0 Å². The van der Waals surface area contributed by atoms with Crippen LogP contribution in [-0.4, -0.2) is 15.3 Å². The third kappa shape index (κ3) is 3.18. The summed E-state index contributed by atoms with van der Waals surface area (Å²) in [6.07, 6.45) is -2.75. The molecule has 0 spiro atoms. The summed E-state index contributed by atoms with van der Waals surface area (Å²) in [7, 11) is 0. The molecule has 0 radical (unpaired) electrons. The fourth-order valence-corrected chi connectivity index (χ4v) is 2.95. The Balaban J connectivity index is 1.64. The fraction of sp³-hybridized carbons (Fsp3) is 0.0526. The molecule has 0 saturated carbocycles. The zero-order valence-corrected chi connectivity index (χ0v) is 14.3. The smallest absolute Gasteiger partial charge is 0.399 e. The highest BCUT2D eigenvalue weighted by atomic mass is 19.4. The minimum atomic E-state index is -4.60. The van der Waals surface area contributed by atoms with Crippen LogP contribution in [0.15, 0.2) is 60.8 Å². The number of nitrogens with two attached hydrogens (primary N) is 1. The van der Waals surface area contributed by atoms with Crippen LogP contribution in [0.4, 0.5) is 24.7 Å². The zero-order valence-electron chi connectivity index (χ0n) is 14.3. The maximum Gasteiger partial charge on any atom is 0.416 e. The van der Waals surface area contributed by atoms with Crippen molar-refractivity contribution in [3.05, 3.63) is 71.9 Å². The molecule has 2 heterocycles. The lowest BCUT2D eigenvalue weighted by atomic mass is 10.1. The number of para-hydroxylation sites is 2. The lowest BCUT2D eigenvalue weighted by Gasteiger charge is -2.13. The van der Waals surface area contributed by atoms with E-state index in [9.17, 15) is 18.0 Å². The van der Waals surface area contributed by atoms with E-state index >= 15 is 0 Å². The number of anilines is 2. The normalized spacial score (nSPS) is 11.7. The van der Waals surface area contributed by atoms with E-state index in [4.69, 9.17) is 5.73 Å². The van der Waals surface area contributed by atoms with E-state index in [1.54, 1.807) is 6.07 Å². The molecule has 0 aliphatic heterocycles. The Morgan fingerprint density at radius 3 is 2.57 bits per heavy atom. The van der Waals surface area contributed by atoms with Crippen LogP contribution in [0.1, 0.15) is 15.9 Å². The Morgan fingerprint density at radius 2 is 1.79 bits per heavy atom. The van der Waals surface area contributed by atoms with E-state index < -0.39 is 17.6 Å². The van der Waals surface area contributed by atoms with E-state index in [0.717, 1.165) is 17.6 Å². The summed E-state index contributed by atoms with van der Waals surface area (Å²) >= 11 is 0. The molecule has 4 rings (SSSR count). The molecule has 28 heavy (non-hydrogen) atoms. The van der Waals surface area contributed by atoms with Crippen molar-refractivity contribution >= 4 is 34.0 Å². The first-order valence-corrected chi connectivity index (χ1v) is 8.23. The minimum Gasteiger partial charge on any atom is -0.399 e. The molecule has 0 unspecified atom stereocenters. The average molecular weight is 385 g/mol. The lowest BCUT2D eigenvalue weighted by molar-refractivity contribution is -0.137. The summed E-state index contributed by atoms with van der Waals surface area (Å²) < 4.78 is 40.7. The Morgan fingerprint density at radius 1 is 1.04 bits per heavy atom. The predicted octanol–water partition coefficient (Wildman–Crippen LogP) is 3.85. The molecule has 2 aromatic heterocycles. The van der Waals surface area contributed by atoms with E-state index in [-0.39, 0.29) is 11.3 Å². The van der Waals surface area contributed by atoms with Gasteiger partial charge in [0.25, 0.3) is 5.91 Å². The van der Waals surface area contributed by atoms with Gasteiger partial charge in [0.15, 0.2) is 5.82 Å². The van der Waals surface area contributed by atoms with E-state index in [1.807, 2.05) is 40.9 Å². The quantitative estimate of drug-likeness (QED) is 0.370. The lowest BCUT2D eigenvalue weighted by Crippen LogP contribution is -2.30. The topological polar surface area (TPSA) is 84.5 Å². The molecule has 0 saturated heterocycles. The standard InChI is InChI=1S/C19H14F3N5O/c20-19(21,22)12-8-11(9-13(23)10-12)18(28)26-25-17-16-6-3-7-27(16)15-5-2-1-4-14(15)24-17/h1-10H,23H2,(H,24,25)(H,26,28). The zero-order chi connectivity index (χ0) is 19.9. The van der Waals surface area contributed by atoms with Crippen molar-refractivity contribution in [2.75, 3.05) is 11.2 Å². The molecule has 0 aliphatic rings.